The molecule has 0 aliphatic heterocycles. The Morgan fingerprint density at radius 2 is 2.04 bits per heavy atom. The minimum absolute atomic E-state index is 0.194. The van der Waals surface area contributed by atoms with Crippen molar-refractivity contribution in [1.82, 2.24) is 9.97 Å². The Morgan fingerprint density at radius 1 is 1.17 bits per heavy atom. The smallest absolute Gasteiger partial charge is 0.256 e. The van der Waals surface area contributed by atoms with Gasteiger partial charge in [0, 0.05) is 5.56 Å². The van der Waals surface area contributed by atoms with Crippen LogP contribution in [0.1, 0.15) is 0 Å². The molecule has 0 spiro atoms. The number of methoxy groups -OCH3 is 1. The fourth-order valence-electron chi connectivity index (χ4n) is 2.29. The van der Waals surface area contributed by atoms with Crippen LogP contribution in [0, 0.1) is 5.82 Å². The lowest BCUT2D eigenvalue weighted by molar-refractivity contribution is 0.386. The first-order chi connectivity index (χ1) is 11.2. The SMILES string of the molecule is COc1ccc(-c2cnc(-c3nc4ccccc4s3)o2)cc1F. The number of ether oxygens (including phenoxy) is 1. The molecule has 114 valence electrons. The standard InChI is InChI=1S/C17H11FN2O2S/c1-21-13-7-6-10(8-11(13)18)14-9-19-16(22-14)17-20-12-4-2-3-5-15(12)23-17/h2-9H,1H3. The van der Waals surface area contributed by atoms with E-state index in [1.807, 2.05) is 24.3 Å². The molecular formula is C17H11FN2O2S. The van der Waals surface area contributed by atoms with Gasteiger partial charge in [-0.25, -0.2) is 14.4 Å². The summed E-state index contributed by atoms with van der Waals surface area (Å²) in [5.41, 5.74) is 1.51. The number of hydrogen-bond acceptors (Lipinski definition) is 5. The highest BCUT2D eigenvalue weighted by molar-refractivity contribution is 7.21. The lowest BCUT2D eigenvalue weighted by atomic mass is 10.2. The summed E-state index contributed by atoms with van der Waals surface area (Å²) in [6.07, 6.45) is 1.57. The Morgan fingerprint density at radius 3 is 2.83 bits per heavy atom. The molecule has 4 aromatic rings. The molecule has 0 saturated heterocycles. The second-order valence-electron chi connectivity index (χ2n) is 4.87. The van der Waals surface area contributed by atoms with E-state index in [9.17, 15) is 4.39 Å². The number of aromatic nitrogens is 2. The number of thiazole rings is 1. The van der Waals surface area contributed by atoms with Crippen LogP contribution in [0.5, 0.6) is 5.75 Å². The monoisotopic (exact) mass is 326 g/mol. The molecule has 0 unspecified atom stereocenters. The van der Waals surface area contributed by atoms with Gasteiger partial charge in [0.05, 0.1) is 23.5 Å². The zero-order valence-corrected chi connectivity index (χ0v) is 12.9. The molecule has 0 N–H and O–H groups in total. The van der Waals surface area contributed by atoms with Gasteiger partial charge in [-0.1, -0.05) is 12.1 Å². The third-order valence-corrected chi connectivity index (χ3v) is 4.44. The van der Waals surface area contributed by atoms with Crippen molar-refractivity contribution in [1.29, 1.82) is 0 Å². The Kier molecular flexibility index (Phi) is 3.31. The number of para-hydroxylation sites is 1. The lowest BCUT2D eigenvalue weighted by Gasteiger charge is -2.02. The van der Waals surface area contributed by atoms with Crippen LogP contribution in [-0.4, -0.2) is 17.1 Å². The minimum atomic E-state index is -0.442. The fraction of sp³-hybridized carbons (Fsp3) is 0.0588. The maximum atomic E-state index is 13.8. The third kappa shape index (κ3) is 2.47. The van der Waals surface area contributed by atoms with Crippen molar-refractivity contribution in [2.45, 2.75) is 0 Å². The molecule has 0 amide bonds. The summed E-state index contributed by atoms with van der Waals surface area (Å²) in [5, 5.41) is 0.700. The predicted octanol–water partition coefficient (Wildman–Crippen LogP) is 4.77. The molecule has 23 heavy (non-hydrogen) atoms. The quantitative estimate of drug-likeness (QED) is 0.544. The third-order valence-electron chi connectivity index (χ3n) is 3.42. The van der Waals surface area contributed by atoms with Crippen LogP contribution in [0.2, 0.25) is 0 Å². The molecule has 2 heterocycles. The Hall–Kier alpha value is -2.73. The summed E-state index contributed by atoms with van der Waals surface area (Å²) in [7, 11) is 1.43. The largest absolute Gasteiger partial charge is 0.494 e. The van der Waals surface area contributed by atoms with Gasteiger partial charge in [0.15, 0.2) is 22.3 Å². The molecule has 2 aromatic carbocycles. The molecule has 0 fully saturated rings. The number of halogens is 1. The van der Waals surface area contributed by atoms with Gasteiger partial charge in [-0.2, -0.15) is 0 Å². The average Bonchev–Trinajstić information content (AvgIpc) is 3.21. The van der Waals surface area contributed by atoms with Gasteiger partial charge in [0.2, 0.25) is 0 Å². The summed E-state index contributed by atoms with van der Waals surface area (Å²) in [5.74, 6) is 0.667. The first-order valence-corrected chi connectivity index (χ1v) is 7.72. The van der Waals surface area contributed by atoms with Crippen molar-refractivity contribution in [3.8, 4) is 28.0 Å². The lowest BCUT2D eigenvalue weighted by Crippen LogP contribution is -1.87. The van der Waals surface area contributed by atoms with E-state index in [2.05, 4.69) is 9.97 Å². The number of benzene rings is 2. The van der Waals surface area contributed by atoms with Crippen LogP contribution >= 0.6 is 11.3 Å². The molecule has 4 rings (SSSR count). The number of rotatable bonds is 3. The summed E-state index contributed by atoms with van der Waals surface area (Å²) in [6, 6.07) is 12.5. The van der Waals surface area contributed by atoms with E-state index in [0.29, 0.717) is 22.2 Å². The van der Waals surface area contributed by atoms with E-state index in [1.54, 1.807) is 18.3 Å². The zero-order valence-electron chi connectivity index (χ0n) is 12.1. The molecular weight excluding hydrogens is 315 g/mol. The van der Waals surface area contributed by atoms with Crippen molar-refractivity contribution >= 4 is 21.6 Å². The van der Waals surface area contributed by atoms with Crippen LogP contribution in [0.25, 0.3) is 32.4 Å². The van der Waals surface area contributed by atoms with Crippen molar-refractivity contribution in [2.24, 2.45) is 0 Å². The highest BCUT2D eigenvalue weighted by Gasteiger charge is 2.14. The molecule has 0 aliphatic rings. The number of oxazole rings is 1. The van der Waals surface area contributed by atoms with Crippen LogP contribution in [-0.2, 0) is 0 Å². The predicted molar refractivity (Wildman–Crippen MR) is 87.1 cm³/mol. The highest BCUT2D eigenvalue weighted by Crippen LogP contribution is 2.32. The molecule has 0 aliphatic carbocycles. The Bertz CT molecular complexity index is 960. The minimum Gasteiger partial charge on any atom is -0.494 e. The fourth-order valence-corrected chi connectivity index (χ4v) is 3.19. The topological polar surface area (TPSA) is 48.2 Å². The van der Waals surface area contributed by atoms with Crippen LogP contribution in [0.3, 0.4) is 0 Å². The summed E-state index contributed by atoms with van der Waals surface area (Å²) in [4.78, 5) is 8.76. The normalized spacial score (nSPS) is 11.0. The van der Waals surface area contributed by atoms with Gasteiger partial charge >= 0.3 is 0 Å². The van der Waals surface area contributed by atoms with Gasteiger partial charge in [-0.15, -0.1) is 11.3 Å². The van der Waals surface area contributed by atoms with Gasteiger partial charge < -0.3 is 9.15 Å². The summed E-state index contributed by atoms with van der Waals surface area (Å²) < 4.78 is 25.5. The average molecular weight is 326 g/mol. The molecule has 0 saturated carbocycles. The Labute approximate surface area is 135 Å². The van der Waals surface area contributed by atoms with Crippen molar-refractivity contribution < 1.29 is 13.5 Å². The van der Waals surface area contributed by atoms with Crippen molar-refractivity contribution in [3.05, 3.63) is 54.5 Å². The Balaban J connectivity index is 1.72. The molecule has 0 atom stereocenters. The van der Waals surface area contributed by atoms with Gasteiger partial charge in [-0.05, 0) is 30.3 Å². The van der Waals surface area contributed by atoms with Gasteiger partial charge in [0.25, 0.3) is 5.89 Å². The molecule has 4 nitrogen and oxygen atoms in total. The van der Waals surface area contributed by atoms with Crippen LogP contribution in [0.4, 0.5) is 4.39 Å². The highest BCUT2D eigenvalue weighted by atomic mass is 32.1. The van der Waals surface area contributed by atoms with E-state index in [0.717, 1.165) is 10.2 Å². The van der Waals surface area contributed by atoms with E-state index < -0.39 is 5.82 Å². The van der Waals surface area contributed by atoms with Crippen molar-refractivity contribution in [3.63, 3.8) is 0 Å². The van der Waals surface area contributed by atoms with E-state index in [4.69, 9.17) is 9.15 Å². The summed E-state index contributed by atoms with van der Waals surface area (Å²) in [6.45, 7) is 0. The van der Waals surface area contributed by atoms with Crippen LogP contribution in [0.15, 0.2) is 53.1 Å². The number of fused-ring (bicyclic) bond motifs is 1. The second-order valence-corrected chi connectivity index (χ2v) is 5.90. The van der Waals surface area contributed by atoms with E-state index in [1.165, 1.54) is 24.5 Å². The maximum Gasteiger partial charge on any atom is 0.256 e. The first-order valence-electron chi connectivity index (χ1n) is 6.90. The van der Waals surface area contributed by atoms with E-state index >= 15 is 0 Å². The number of hydrogen-bond donors (Lipinski definition) is 0. The zero-order chi connectivity index (χ0) is 15.8. The first kappa shape index (κ1) is 13.9. The molecule has 0 bridgehead atoms. The van der Waals surface area contributed by atoms with E-state index in [-0.39, 0.29) is 5.75 Å². The number of nitrogens with zero attached hydrogens (tertiary/aromatic N) is 2. The van der Waals surface area contributed by atoms with Crippen molar-refractivity contribution in [2.75, 3.05) is 7.11 Å². The summed E-state index contributed by atoms with van der Waals surface area (Å²) >= 11 is 1.51. The maximum absolute atomic E-state index is 13.8. The van der Waals surface area contributed by atoms with Gasteiger partial charge in [-0.3, -0.25) is 0 Å². The molecule has 6 heteroatoms. The molecule has 0 radical (unpaired) electrons. The molecule has 2 aromatic heterocycles. The van der Waals surface area contributed by atoms with Gasteiger partial charge in [0.1, 0.15) is 0 Å². The second kappa shape index (κ2) is 5.48. The van der Waals surface area contributed by atoms with Crippen LogP contribution < -0.4 is 4.74 Å².